The number of nitrogens with zero attached hydrogens (tertiary/aromatic N) is 1. The topological polar surface area (TPSA) is 89.3 Å². The van der Waals surface area contributed by atoms with E-state index in [-0.39, 0.29) is 22.2 Å². The van der Waals surface area contributed by atoms with Crippen molar-refractivity contribution in [2.45, 2.75) is 17.1 Å². The molecule has 2 heterocycles. The fraction of sp³-hybridized carbons (Fsp3) is 0.0769. The molecule has 0 bridgehead atoms. The van der Waals surface area contributed by atoms with Gasteiger partial charge in [-0.1, -0.05) is 42.5 Å². The number of benzene rings is 3. The molecule has 170 valence electrons. The normalized spacial score (nSPS) is 11.5. The Balaban J connectivity index is 1.22. The minimum absolute atomic E-state index is 0.0526. The molecule has 0 aliphatic heterocycles. The molecule has 0 atom stereocenters. The number of thiazole rings is 1. The van der Waals surface area contributed by atoms with Gasteiger partial charge < -0.3 is 9.73 Å². The number of sulfone groups is 1. The van der Waals surface area contributed by atoms with Gasteiger partial charge in [-0.15, -0.1) is 11.3 Å². The Labute approximate surface area is 200 Å². The molecule has 0 fully saturated rings. The molecule has 0 saturated heterocycles. The number of fused-ring (bicyclic) bond motifs is 1. The fourth-order valence-electron chi connectivity index (χ4n) is 3.54. The number of hydrogen-bond donors (Lipinski definition) is 1. The molecule has 6 nitrogen and oxygen atoms in total. The van der Waals surface area contributed by atoms with Gasteiger partial charge in [-0.25, -0.2) is 13.4 Å². The van der Waals surface area contributed by atoms with E-state index in [2.05, 4.69) is 16.4 Å². The summed E-state index contributed by atoms with van der Waals surface area (Å²) in [6, 6.07) is 26.7. The van der Waals surface area contributed by atoms with Crippen molar-refractivity contribution in [3.8, 4) is 0 Å². The van der Waals surface area contributed by atoms with Gasteiger partial charge in [0.15, 0.2) is 15.6 Å². The molecule has 0 aliphatic rings. The van der Waals surface area contributed by atoms with Crippen molar-refractivity contribution in [3.05, 3.63) is 113 Å². The Morgan fingerprint density at radius 2 is 1.62 bits per heavy atom. The first-order valence-electron chi connectivity index (χ1n) is 10.6. The number of aromatic nitrogens is 1. The number of hydrogen-bond acceptors (Lipinski definition) is 6. The van der Waals surface area contributed by atoms with Crippen LogP contribution >= 0.6 is 11.3 Å². The molecule has 8 heteroatoms. The number of para-hydroxylation sites is 1. The van der Waals surface area contributed by atoms with E-state index < -0.39 is 15.7 Å². The maximum atomic E-state index is 12.6. The highest BCUT2D eigenvalue weighted by molar-refractivity contribution is 7.90. The van der Waals surface area contributed by atoms with Gasteiger partial charge in [0.1, 0.15) is 11.5 Å². The zero-order valence-corrected chi connectivity index (χ0v) is 19.6. The van der Waals surface area contributed by atoms with Gasteiger partial charge in [0.2, 0.25) is 0 Å². The van der Waals surface area contributed by atoms with Crippen LogP contribution in [-0.4, -0.2) is 19.3 Å². The number of nitrogens with one attached hydrogen (secondary N) is 1. The van der Waals surface area contributed by atoms with E-state index in [0.29, 0.717) is 12.1 Å². The quantitative estimate of drug-likeness (QED) is 0.317. The number of rotatable bonds is 7. The maximum Gasteiger partial charge on any atom is 0.291 e. The van der Waals surface area contributed by atoms with E-state index in [1.165, 1.54) is 24.3 Å². The molecule has 5 aromatic rings. The summed E-state index contributed by atoms with van der Waals surface area (Å²) in [5, 5.41) is 3.82. The summed E-state index contributed by atoms with van der Waals surface area (Å²) < 4.78 is 31.7. The molecule has 0 radical (unpaired) electrons. The predicted octanol–water partition coefficient (Wildman–Crippen LogP) is 5.71. The summed E-state index contributed by atoms with van der Waals surface area (Å²) in [7, 11) is -3.55. The minimum atomic E-state index is -3.55. The summed E-state index contributed by atoms with van der Waals surface area (Å²) in [6.07, 6.45) is 0.713. The Hall–Kier alpha value is -3.75. The molecule has 34 heavy (non-hydrogen) atoms. The van der Waals surface area contributed by atoms with Gasteiger partial charge in [0, 0.05) is 12.1 Å². The Bertz CT molecular complexity index is 1520. The highest BCUT2D eigenvalue weighted by atomic mass is 32.2. The zero-order valence-electron chi connectivity index (χ0n) is 18.0. The van der Waals surface area contributed by atoms with E-state index in [1.54, 1.807) is 29.5 Å². The van der Waals surface area contributed by atoms with Gasteiger partial charge in [-0.05, 0) is 54.1 Å². The second kappa shape index (κ2) is 9.24. The van der Waals surface area contributed by atoms with Gasteiger partial charge >= 0.3 is 0 Å². The standard InChI is InChI=1S/C26H20N2O4S2/c29-26(23-15-14-20(32-23)17-34(30,31)21-6-2-1-3-7-21)27-19-12-10-18(11-13-19)16-25-28-22-8-4-5-9-24(22)33-25/h1-15H,16-17H2,(H,27,29). The van der Waals surface area contributed by atoms with E-state index in [4.69, 9.17) is 4.42 Å². The van der Waals surface area contributed by atoms with Crippen LogP contribution < -0.4 is 5.32 Å². The smallest absolute Gasteiger partial charge is 0.291 e. The van der Waals surface area contributed by atoms with E-state index in [1.807, 2.05) is 42.5 Å². The van der Waals surface area contributed by atoms with Crippen molar-refractivity contribution in [2.75, 3.05) is 5.32 Å². The molecule has 0 spiro atoms. The van der Waals surface area contributed by atoms with Crippen LogP contribution in [0, 0.1) is 0 Å². The summed E-state index contributed by atoms with van der Waals surface area (Å²) in [6.45, 7) is 0. The van der Waals surface area contributed by atoms with E-state index in [0.717, 1.165) is 20.8 Å². The predicted molar refractivity (Wildman–Crippen MR) is 133 cm³/mol. The van der Waals surface area contributed by atoms with Crippen LogP contribution in [0.5, 0.6) is 0 Å². The molecule has 1 amide bonds. The van der Waals surface area contributed by atoms with Crippen LogP contribution in [0.15, 0.2) is 100 Å². The van der Waals surface area contributed by atoms with Crippen LogP contribution in [0.3, 0.4) is 0 Å². The number of carbonyl (C=O) groups excluding carboxylic acids is 1. The average Bonchev–Trinajstić information content (AvgIpc) is 3.47. The third-order valence-corrected chi connectivity index (χ3v) is 7.92. The van der Waals surface area contributed by atoms with Crippen LogP contribution in [0.2, 0.25) is 0 Å². The lowest BCUT2D eigenvalue weighted by Crippen LogP contribution is -2.11. The Morgan fingerprint density at radius 3 is 2.38 bits per heavy atom. The van der Waals surface area contributed by atoms with Crippen molar-refractivity contribution in [2.24, 2.45) is 0 Å². The van der Waals surface area contributed by atoms with E-state index in [9.17, 15) is 13.2 Å². The zero-order chi connectivity index (χ0) is 23.5. The molecular weight excluding hydrogens is 468 g/mol. The van der Waals surface area contributed by atoms with Crippen molar-refractivity contribution in [3.63, 3.8) is 0 Å². The van der Waals surface area contributed by atoms with Crippen molar-refractivity contribution in [1.29, 1.82) is 0 Å². The first-order chi connectivity index (χ1) is 16.5. The summed E-state index contributed by atoms with van der Waals surface area (Å²) in [5.41, 5.74) is 2.71. The lowest BCUT2D eigenvalue weighted by atomic mass is 10.1. The Morgan fingerprint density at radius 1 is 0.882 bits per heavy atom. The number of carbonyl (C=O) groups is 1. The molecular formula is C26H20N2O4S2. The summed E-state index contributed by atoms with van der Waals surface area (Å²) in [4.78, 5) is 17.4. The largest absolute Gasteiger partial charge is 0.455 e. The van der Waals surface area contributed by atoms with Gasteiger partial charge in [-0.3, -0.25) is 4.79 Å². The molecule has 0 unspecified atom stereocenters. The first-order valence-corrected chi connectivity index (χ1v) is 13.0. The van der Waals surface area contributed by atoms with Crippen LogP contribution in [0.4, 0.5) is 5.69 Å². The van der Waals surface area contributed by atoms with Gasteiger partial charge in [0.25, 0.3) is 5.91 Å². The second-order valence-corrected chi connectivity index (χ2v) is 10.8. The van der Waals surface area contributed by atoms with Gasteiger partial charge in [0.05, 0.1) is 20.1 Å². The average molecular weight is 489 g/mol. The van der Waals surface area contributed by atoms with Crippen LogP contribution in [0.25, 0.3) is 10.2 Å². The van der Waals surface area contributed by atoms with Gasteiger partial charge in [-0.2, -0.15) is 0 Å². The highest BCUT2D eigenvalue weighted by Gasteiger charge is 2.19. The SMILES string of the molecule is O=C(Nc1ccc(Cc2nc3ccccc3s2)cc1)c1ccc(CS(=O)(=O)c2ccccc2)o1. The van der Waals surface area contributed by atoms with Crippen LogP contribution in [0.1, 0.15) is 26.9 Å². The van der Waals surface area contributed by atoms with Crippen molar-refractivity contribution < 1.29 is 17.6 Å². The molecule has 0 aliphatic carbocycles. The minimum Gasteiger partial charge on any atom is -0.455 e. The fourth-order valence-corrected chi connectivity index (χ4v) is 5.81. The molecule has 3 aromatic carbocycles. The number of anilines is 1. The second-order valence-electron chi connectivity index (χ2n) is 7.74. The van der Waals surface area contributed by atoms with Crippen LogP contribution in [-0.2, 0) is 22.0 Å². The number of amides is 1. The van der Waals surface area contributed by atoms with E-state index >= 15 is 0 Å². The molecule has 2 aromatic heterocycles. The van der Waals surface area contributed by atoms with Crippen molar-refractivity contribution >= 4 is 43.0 Å². The summed E-state index contributed by atoms with van der Waals surface area (Å²) >= 11 is 1.67. The monoisotopic (exact) mass is 488 g/mol. The maximum absolute atomic E-state index is 12.6. The number of furan rings is 1. The Kier molecular flexibility index (Phi) is 6.00. The third-order valence-electron chi connectivity index (χ3n) is 5.23. The summed E-state index contributed by atoms with van der Waals surface area (Å²) in [5.74, 6) is -0.496. The van der Waals surface area contributed by atoms with Crippen molar-refractivity contribution in [1.82, 2.24) is 4.98 Å². The molecule has 0 saturated carbocycles. The lowest BCUT2D eigenvalue weighted by molar-refractivity contribution is 0.0995. The lowest BCUT2D eigenvalue weighted by Gasteiger charge is -2.05. The highest BCUT2D eigenvalue weighted by Crippen LogP contribution is 2.24. The molecule has 1 N–H and O–H groups in total. The first kappa shape index (κ1) is 22.1. The molecule has 5 rings (SSSR count). The third kappa shape index (κ3) is 4.93.